The van der Waals surface area contributed by atoms with Gasteiger partial charge in [-0.2, -0.15) is 0 Å². The van der Waals surface area contributed by atoms with Crippen molar-refractivity contribution in [1.82, 2.24) is 15.1 Å². The maximum Gasteiger partial charge on any atom is 0.384 e. The number of carbonyl (C=O) groups is 2. The number of hydrogen-bond acceptors (Lipinski definition) is 5. The minimum atomic E-state index is -0.731. The van der Waals surface area contributed by atoms with Crippen molar-refractivity contribution in [2.45, 2.75) is 96.2 Å². The second kappa shape index (κ2) is 13.9. The van der Waals surface area contributed by atoms with Crippen LogP contribution in [0.5, 0.6) is 11.6 Å². The van der Waals surface area contributed by atoms with Crippen LogP contribution < -0.4 is 14.8 Å². The lowest BCUT2D eigenvalue weighted by Crippen LogP contribution is -2.73. The number of amides is 2. The van der Waals surface area contributed by atoms with E-state index in [2.05, 4.69) is 17.1 Å². The number of nitrogens with zero attached hydrogens (tertiary/aromatic N) is 3. The molecule has 224 valence electrons. The number of piperazine rings is 1. The van der Waals surface area contributed by atoms with Crippen molar-refractivity contribution < 1.29 is 19.1 Å². The fourth-order valence-electron chi connectivity index (χ4n) is 6.70. The molecule has 1 aliphatic carbocycles. The van der Waals surface area contributed by atoms with E-state index in [0.29, 0.717) is 31.1 Å². The molecule has 2 aliphatic heterocycles. The molecule has 8 nitrogen and oxygen atoms in total. The number of benzene rings is 1. The van der Waals surface area contributed by atoms with Crippen LogP contribution in [0, 0.1) is 18.0 Å². The standard InChI is InChI=1S/C32H44N4O4.ClH/c1-3-4-18-35-30(37)28(21-25-8-6-5-7-9-25)33-31(38)32(35)16-19-34(20-17-32)23-26-11-13-27(14-12-26)40-29-15-10-24(2)22-36(29)39;/h10-15,22,25,28H,3-9,16-21,23H2,1-2H3,(H,33,38);1H/t28-;/m0./s1. The van der Waals surface area contributed by atoms with Crippen molar-refractivity contribution in [3.05, 3.63) is 58.9 Å². The maximum atomic E-state index is 13.8. The fraction of sp³-hybridized carbons (Fsp3) is 0.594. The van der Waals surface area contributed by atoms with E-state index < -0.39 is 5.54 Å². The molecule has 1 spiro atoms. The van der Waals surface area contributed by atoms with Gasteiger partial charge < -0.3 is 20.2 Å². The van der Waals surface area contributed by atoms with E-state index in [1.807, 2.05) is 42.2 Å². The van der Waals surface area contributed by atoms with Crippen LogP contribution in [0.3, 0.4) is 0 Å². The van der Waals surface area contributed by atoms with Crippen LogP contribution in [-0.4, -0.2) is 52.8 Å². The molecule has 1 N–H and O–H groups in total. The van der Waals surface area contributed by atoms with Crippen LogP contribution >= 0.6 is 12.4 Å². The van der Waals surface area contributed by atoms with Gasteiger partial charge in [-0.3, -0.25) is 14.5 Å². The third-order valence-electron chi connectivity index (χ3n) is 9.10. The molecular formula is C32H45ClN4O4. The molecule has 0 radical (unpaired) electrons. The van der Waals surface area contributed by atoms with Gasteiger partial charge in [0.2, 0.25) is 11.8 Å². The van der Waals surface area contributed by atoms with Crippen molar-refractivity contribution in [2.75, 3.05) is 19.6 Å². The number of hydrogen-bond donors (Lipinski definition) is 1. The first-order chi connectivity index (χ1) is 19.4. The van der Waals surface area contributed by atoms with E-state index >= 15 is 0 Å². The summed E-state index contributed by atoms with van der Waals surface area (Å²) in [5.74, 6) is 1.59. The van der Waals surface area contributed by atoms with Crippen LogP contribution in [-0.2, 0) is 16.1 Å². The third kappa shape index (κ3) is 7.15. The summed E-state index contributed by atoms with van der Waals surface area (Å²) in [5.41, 5.74) is 1.29. The molecule has 0 unspecified atom stereocenters. The molecular weight excluding hydrogens is 540 g/mol. The van der Waals surface area contributed by atoms with Crippen molar-refractivity contribution in [1.29, 1.82) is 0 Å². The smallest absolute Gasteiger partial charge is 0.384 e. The highest BCUT2D eigenvalue weighted by molar-refractivity contribution is 6.00. The molecule has 2 amide bonds. The normalized spacial score (nSPS) is 21.4. The van der Waals surface area contributed by atoms with Gasteiger partial charge in [0.1, 0.15) is 17.3 Å². The molecule has 1 aromatic heterocycles. The van der Waals surface area contributed by atoms with Gasteiger partial charge in [-0.1, -0.05) is 57.6 Å². The molecule has 0 bridgehead atoms. The quantitative estimate of drug-likeness (QED) is 0.320. The zero-order valence-electron chi connectivity index (χ0n) is 24.5. The SMILES string of the molecule is CCCCN1C(=O)[C@H](CC2CCCCC2)NC(=O)C12CCN(Cc1ccc(Oc3ccc(C)c[n+]3[O-])cc1)CC2.Cl. The molecule has 1 aromatic carbocycles. The number of carbonyl (C=O) groups excluding carboxylic acids is 2. The van der Waals surface area contributed by atoms with Gasteiger partial charge in [0, 0.05) is 31.7 Å². The lowest BCUT2D eigenvalue weighted by atomic mass is 9.79. The Morgan fingerprint density at radius 1 is 1.05 bits per heavy atom. The molecule has 9 heteroatoms. The third-order valence-corrected chi connectivity index (χ3v) is 9.10. The molecule has 2 aromatic rings. The van der Waals surface area contributed by atoms with Crippen LogP contribution in [0.2, 0.25) is 0 Å². The zero-order valence-corrected chi connectivity index (χ0v) is 25.3. The summed E-state index contributed by atoms with van der Waals surface area (Å²) in [7, 11) is 0. The summed E-state index contributed by atoms with van der Waals surface area (Å²) in [6.45, 7) is 6.94. The number of pyridine rings is 1. The summed E-state index contributed by atoms with van der Waals surface area (Å²) >= 11 is 0. The first-order valence-electron chi connectivity index (χ1n) is 15.2. The van der Waals surface area contributed by atoms with Crippen LogP contribution in [0.1, 0.15) is 82.3 Å². The highest BCUT2D eigenvalue weighted by Crippen LogP contribution is 2.36. The monoisotopic (exact) mass is 584 g/mol. The van der Waals surface area contributed by atoms with Gasteiger partial charge in [0.15, 0.2) is 6.20 Å². The molecule has 1 saturated carbocycles. The molecule has 1 atom stereocenters. The molecule has 3 heterocycles. The van der Waals surface area contributed by atoms with Gasteiger partial charge in [-0.05, 0) is 62.3 Å². The Morgan fingerprint density at radius 3 is 2.41 bits per heavy atom. The molecule has 3 aliphatic rings. The van der Waals surface area contributed by atoms with Crippen molar-refractivity contribution in [3.8, 4) is 11.6 Å². The minimum absolute atomic E-state index is 0. The predicted molar refractivity (Wildman–Crippen MR) is 161 cm³/mol. The van der Waals surface area contributed by atoms with E-state index in [4.69, 9.17) is 4.74 Å². The number of halogens is 1. The Labute approximate surface area is 250 Å². The largest absolute Gasteiger partial charge is 0.616 e. The lowest BCUT2D eigenvalue weighted by Gasteiger charge is -2.52. The van der Waals surface area contributed by atoms with Crippen LogP contribution in [0.15, 0.2) is 42.6 Å². The van der Waals surface area contributed by atoms with Crippen molar-refractivity contribution in [3.63, 3.8) is 0 Å². The lowest BCUT2D eigenvalue weighted by molar-refractivity contribution is -0.611. The van der Waals surface area contributed by atoms with E-state index in [1.54, 1.807) is 6.07 Å². The topological polar surface area (TPSA) is 88.8 Å². The maximum absolute atomic E-state index is 13.8. The Hall–Kier alpha value is -2.84. The van der Waals surface area contributed by atoms with Gasteiger partial charge in [-0.25, -0.2) is 0 Å². The first-order valence-corrected chi connectivity index (χ1v) is 15.2. The molecule has 3 fully saturated rings. The fourth-order valence-corrected chi connectivity index (χ4v) is 6.70. The van der Waals surface area contributed by atoms with Crippen LogP contribution in [0.4, 0.5) is 0 Å². The highest BCUT2D eigenvalue weighted by atomic mass is 35.5. The summed E-state index contributed by atoms with van der Waals surface area (Å²) in [6, 6.07) is 11.0. The summed E-state index contributed by atoms with van der Waals surface area (Å²) in [6.07, 6.45) is 11.6. The van der Waals surface area contributed by atoms with Crippen LogP contribution in [0.25, 0.3) is 0 Å². The number of piperidine rings is 1. The van der Waals surface area contributed by atoms with Gasteiger partial charge in [0.05, 0.1) is 6.07 Å². The van der Waals surface area contributed by atoms with E-state index in [1.165, 1.54) is 38.3 Å². The Bertz CT molecular complexity index is 1180. The number of ether oxygens (including phenoxy) is 1. The molecule has 2 saturated heterocycles. The van der Waals surface area contributed by atoms with Gasteiger partial charge in [-0.15, -0.1) is 17.1 Å². The van der Waals surface area contributed by atoms with Crippen molar-refractivity contribution >= 4 is 24.2 Å². The second-order valence-electron chi connectivity index (χ2n) is 12.0. The summed E-state index contributed by atoms with van der Waals surface area (Å²) in [5, 5.41) is 15.3. The van der Waals surface area contributed by atoms with E-state index in [-0.39, 0.29) is 36.1 Å². The summed E-state index contributed by atoms with van der Waals surface area (Å²) < 4.78 is 6.50. The highest BCUT2D eigenvalue weighted by Gasteiger charge is 2.53. The molecule has 5 rings (SSSR count). The Balaban J connectivity index is 0.00000387. The van der Waals surface area contributed by atoms with E-state index in [9.17, 15) is 14.8 Å². The van der Waals surface area contributed by atoms with Gasteiger partial charge >= 0.3 is 5.88 Å². The van der Waals surface area contributed by atoms with Gasteiger partial charge in [0.25, 0.3) is 0 Å². The predicted octanol–water partition coefficient (Wildman–Crippen LogP) is 5.27. The van der Waals surface area contributed by atoms with Crippen molar-refractivity contribution in [2.24, 2.45) is 5.92 Å². The summed E-state index contributed by atoms with van der Waals surface area (Å²) in [4.78, 5) is 31.8. The first kappa shape index (κ1) is 31.1. The average Bonchev–Trinajstić information content (AvgIpc) is 2.96. The Morgan fingerprint density at radius 2 is 1.76 bits per heavy atom. The number of unbranched alkanes of at least 4 members (excludes halogenated alkanes) is 1. The number of rotatable bonds is 9. The second-order valence-corrected chi connectivity index (χ2v) is 12.0. The van der Waals surface area contributed by atoms with E-state index in [0.717, 1.165) is 54.8 Å². The zero-order chi connectivity index (χ0) is 28.1. The molecule has 41 heavy (non-hydrogen) atoms. The average molecular weight is 585 g/mol. The minimum Gasteiger partial charge on any atom is -0.616 e. The number of nitrogens with one attached hydrogen (secondary N) is 1. The number of aromatic nitrogens is 1. The number of aryl methyl sites for hydroxylation is 1. The Kier molecular flexibility index (Phi) is 10.5. The number of likely N-dealkylation sites (tertiary alicyclic amines) is 1.